The summed E-state index contributed by atoms with van der Waals surface area (Å²) >= 11 is 0. The van der Waals surface area contributed by atoms with E-state index in [9.17, 15) is 26.0 Å². The highest BCUT2D eigenvalue weighted by Crippen LogP contribution is 2.26. The van der Waals surface area contributed by atoms with Crippen LogP contribution in [0, 0.1) is 35.1 Å². The third-order valence-corrected chi connectivity index (χ3v) is 5.56. The molecule has 2 aromatic heterocycles. The lowest BCUT2D eigenvalue weighted by Crippen LogP contribution is -2.17. The normalized spacial score (nSPS) is 11.2. The largest absolute Gasteiger partial charge is 0.276 e. The van der Waals surface area contributed by atoms with Crippen molar-refractivity contribution >= 4 is 26.7 Å². The summed E-state index contributed by atoms with van der Waals surface area (Å²) in [5.41, 5.74) is -0.634. The molecule has 0 saturated carbocycles. The summed E-state index contributed by atoms with van der Waals surface area (Å²) in [4.78, 5) is 2.76. The molecule has 2 aromatic carbocycles. The molecule has 0 saturated heterocycles. The van der Waals surface area contributed by atoms with Crippen LogP contribution in [-0.4, -0.2) is 23.6 Å². The van der Waals surface area contributed by atoms with Gasteiger partial charge in [0, 0.05) is 17.1 Å². The molecule has 2 heterocycles. The van der Waals surface area contributed by atoms with Crippen LogP contribution in [0.4, 0.5) is 23.2 Å². The molecule has 0 unspecified atom stereocenters. The Morgan fingerprint density at radius 2 is 1.68 bits per heavy atom. The number of H-pyrrole nitrogens is 1. The fraction of sp³-hybridized carbons (Fsp3) is 0. The summed E-state index contributed by atoms with van der Waals surface area (Å²) < 4.78 is 83.1. The Morgan fingerprint density at radius 3 is 2.42 bits per heavy atom. The summed E-state index contributed by atoms with van der Waals surface area (Å²) in [6.07, 6.45) is 2.85. The first kappa shape index (κ1) is 20.4. The van der Waals surface area contributed by atoms with Gasteiger partial charge in [-0.15, -0.1) is 0 Å². The first-order valence-corrected chi connectivity index (χ1v) is 10.0. The van der Waals surface area contributed by atoms with Gasteiger partial charge in [0.25, 0.3) is 10.0 Å². The maximum Gasteiger partial charge on any atom is 0.267 e. The monoisotopic (exact) mass is 446 g/mol. The van der Waals surface area contributed by atoms with Gasteiger partial charge < -0.3 is 0 Å². The lowest BCUT2D eigenvalue weighted by atomic mass is 10.1. The van der Waals surface area contributed by atoms with E-state index in [1.54, 1.807) is 10.8 Å². The van der Waals surface area contributed by atoms with Gasteiger partial charge in [-0.2, -0.15) is 5.10 Å². The molecule has 0 aliphatic carbocycles. The molecule has 156 valence electrons. The molecule has 0 spiro atoms. The van der Waals surface area contributed by atoms with Crippen LogP contribution < -0.4 is 4.72 Å². The van der Waals surface area contributed by atoms with E-state index in [1.807, 2.05) is 0 Å². The standard InChI is InChI=1S/C20H10F4N4O2S/c21-14-6-7-17(28-31(29,30)19-15(22)2-1-3-16(19)23)18(24)13(14)5-4-11-8-12-10-26-27-20(12)25-9-11/h1-3,6-10,28H,(H,25,26,27). The zero-order valence-electron chi connectivity index (χ0n) is 15.2. The number of aromatic nitrogens is 3. The molecule has 0 amide bonds. The van der Waals surface area contributed by atoms with Crippen molar-refractivity contribution in [2.75, 3.05) is 4.72 Å². The molecule has 6 nitrogen and oxygen atoms in total. The molecular weight excluding hydrogens is 436 g/mol. The number of nitrogens with zero attached hydrogens (tertiary/aromatic N) is 2. The molecule has 0 aliphatic rings. The Hall–Kier alpha value is -3.91. The zero-order valence-corrected chi connectivity index (χ0v) is 16.1. The predicted molar refractivity (Wildman–Crippen MR) is 103 cm³/mol. The molecule has 0 fully saturated rings. The summed E-state index contributed by atoms with van der Waals surface area (Å²) in [5.74, 6) is -0.301. The summed E-state index contributed by atoms with van der Waals surface area (Å²) in [6, 6.07) is 5.60. The lowest BCUT2D eigenvalue weighted by Gasteiger charge is -2.11. The number of hydrogen-bond acceptors (Lipinski definition) is 4. The number of hydrogen-bond donors (Lipinski definition) is 2. The Kier molecular flexibility index (Phi) is 5.08. The van der Waals surface area contributed by atoms with Gasteiger partial charge in [-0.3, -0.25) is 9.82 Å². The lowest BCUT2D eigenvalue weighted by molar-refractivity contribution is 0.520. The third kappa shape index (κ3) is 3.93. The first-order chi connectivity index (χ1) is 14.8. The van der Waals surface area contributed by atoms with Crippen LogP contribution in [0.15, 0.2) is 53.7 Å². The number of pyridine rings is 1. The number of rotatable bonds is 3. The highest BCUT2D eigenvalue weighted by molar-refractivity contribution is 7.92. The number of benzene rings is 2. The van der Waals surface area contributed by atoms with E-state index in [4.69, 9.17) is 0 Å². The number of halogens is 4. The Labute approximate surface area is 173 Å². The average Bonchev–Trinajstić information content (AvgIpc) is 3.17. The molecule has 4 aromatic rings. The molecule has 0 radical (unpaired) electrons. The maximum absolute atomic E-state index is 14.8. The van der Waals surface area contributed by atoms with Gasteiger partial charge >= 0.3 is 0 Å². The van der Waals surface area contributed by atoms with E-state index in [1.165, 1.54) is 12.4 Å². The van der Waals surface area contributed by atoms with Crippen molar-refractivity contribution in [2.24, 2.45) is 0 Å². The minimum atomic E-state index is -4.84. The van der Waals surface area contributed by atoms with Crippen LogP contribution in [0.25, 0.3) is 11.0 Å². The topological polar surface area (TPSA) is 87.7 Å². The fourth-order valence-corrected chi connectivity index (χ4v) is 3.92. The molecular formula is C20H10F4N4O2S. The van der Waals surface area contributed by atoms with E-state index in [2.05, 4.69) is 27.0 Å². The summed E-state index contributed by atoms with van der Waals surface area (Å²) in [6.45, 7) is 0. The van der Waals surface area contributed by atoms with Crippen molar-refractivity contribution in [1.29, 1.82) is 0 Å². The molecule has 0 bridgehead atoms. The second-order valence-corrected chi connectivity index (χ2v) is 7.84. The van der Waals surface area contributed by atoms with E-state index in [0.717, 1.165) is 30.3 Å². The molecule has 4 rings (SSSR count). The van der Waals surface area contributed by atoms with Crippen molar-refractivity contribution < 1.29 is 26.0 Å². The van der Waals surface area contributed by atoms with Crippen LogP contribution in [-0.2, 0) is 10.0 Å². The van der Waals surface area contributed by atoms with E-state index in [0.29, 0.717) is 16.6 Å². The van der Waals surface area contributed by atoms with Crippen molar-refractivity contribution in [3.63, 3.8) is 0 Å². The third-order valence-electron chi connectivity index (χ3n) is 4.15. The zero-order chi connectivity index (χ0) is 22.2. The van der Waals surface area contributed by atoms with Gasteiger partial charge in [-0.25, -0.2) is 31.0 Å². The molecule has 2 N–H and O–H groups in total. The summed E-state index contributed by atoms with van der Waals surface area (Å²) in [5, 5.41) is 7.07. The van der Waals surface area contributed by atoms with E-state index >= 15 is 0 Å². The van der Waals surface area contributed by atoms with Gasteiger partial charge in [0.1, 0.15) is 17.5 Å². The van der Waals surface area contributed by atoms with Crippen molar-refractivity contribution in [3.8, 4) is 11.8 Å². The molecule has 31 heavy (non-hydrogen) atoms. The van der Waals surface area contributed by atoms with Crippen molar-refractivity contribution in [1.82, 2.24) is 15.2 Å². The first-order valence-electron chi connectivity index (χ1n) is 8.52. The van der Waals surface area contributed by atoms with Crippen LogP contribution in [0.5, 0.6) is 0 Å². The minimum absolute atomic E-state index is 0.326. The second kappa shape index (κ2) is 7.73. The molecule has 0 aliphatic heterocycles. The number of nitrogens with one attached hydrogen (secondary N) is 2. The average molecular weight is 446 g/mol. The quantitative estimate of drug-likeness (QED) is 0.371. The van der Waals surface area contributed by atoms with Crippen LogP contribution in [0.3, 0.4) is 0 Å². The Bertz CT molecular complexity index is 1470. The Morgan fingerprint density at radius 1 is 0.935 bits per heavy atom. The highest BCUT2D eigenvalue weighted by Gasteiger charge is 2.26. The van der Waals surface area contributed by atoms with Crippen LogP contribution >= 0.6 is 0 Å². The Balaban J connectivity index is 1.71. The van der Waals surface area contributed by atoms with Crippen molar-refractivity contribution in [2.45, 2.75) is 4.90 Å². The minimum Gasteiger partial charge on any atom is -0.276 e. The smallest absolute Gasteiger partial charge is 0.267 e. The predicted octanol–water partition coefficient (Wildman–Crippen LogP) is 3.71. The molecule has 11 heteroatoms. The van der Waals surface area contributed by atoms with Gasteiger partial charge in [-0.05, 0) is 30.3 Å². The van der Waals surface area contributed by atoms with Crippen molar-refractivity contribution in [3.05, 3.63) is 83.2 Å². The number of aromatic amines is 1. The fourth-order valence-electron chi connectivity index (χ4n) is 2.72. The van der Waals surface area contributed by atoms with E-state index in [-0.39, 0.29) is 0 Å². The number of fused-ring (bicyclic) bond motifs is 1. The van der Waals surface area contributed by atoms with Crippen LogP contribution in [0.2, 0.25) is 0 Å². The molecule has 0 atom stereocenters. The number of sulfonamides is 1. The van der Waals surface area contributed by atoms with E-state index < -0.39 is 49.4 Å². The second-order valence-electron chi connectivity index (χ2n) is 6.22. The maximum atomic E-state index is 14.8. The van der Waals surface area contributed by atoms with Gasteiger partial charge in [-0.1, -0.05) is 17.9 Å². The van der Waals surface area contributed by atoms with Gasteiger partial charge in [0.15, 0.2) is 16.4 Å². The van der Waals surface area contributed by atoms with Crippen LogP contribution in [0.1, 0.15) is 11.1 Å². The van der Waals surface area contributed by atoms with Gasteiger partial charge in [0.05, 0.1) is 17.4 Å². The van der Waals surface area contributed by atoms with Gasteiger partial charge in [0.2, 0.25) is 0 Å². The SMILES string of the molecule is O=S(=O)(Nc1ccc(F)c(C#Cc2cnc3[nH]ncc3c2)c1F)c1c(F)cccc1F. The summed E-state index contributed by atoms with van der Waals surface area (Å²) in [7, 11) is -4.84. The highest BCUT2D eigenvalue weighted by atomic mass is 32.2. The number of anilines is 1.